The number of carbonyl (C=O) groups is 1. The van der Waals surface area contributed by atoms with Crippen molar-refractivity contribution in [3.63, 3.8) is 0 Å². The quantitative estimate of drug-likeness (QED) is 0.290. The highest BCUT2D eigenvalue weighted by Gasteiger charge is 2.31. The van der Waals surface area contributed by atoms with Gasteiger partial charge in [-0.3, -0.25) is 0 Å². The van der Waals surface area contributed by atoms with Crippen molar-refractivity contribution in [3.05, 3.63) is 100 Å². The number of ether oxygens (including phenoxy) is 1. The zero-order valence-electron chi connectivity index (χ0n) is 19.2. The SMILES string of the molecule is O=C(OCC1c2ccccc2-c2ccccc21)N1CCC(c2csc(-c3cccc(Cl)c3)n2)CC1. The van der Waals surface area contributed by atoms with Crippen molar-refractivity contribution in [1.29, 1.82) is 0 Å². The molecule has 1 fully saturated rings. The number of piperidine rings is 1. The first-order valence-corrected chi connectivity index (χ1v) is 13.2. The van der Waals surface area contributed by atoms with Crippen molar-refractivity contribution in [2.45, 2.75) is 24.7 Å². The predicted molar refractivity (Wildman–Crippen MR) is 141 cm³/mol. The van der Waals surface area contributed by atoms with Gasteiger partial charge in [-0.2, -0.15) is 0 Å². The van der Waals surface area contributed by atoms with Gasteiger partial charge < -0.3 is 9.64 Å². The fourth-order valence-electron chi connectivity index (χ4n) is 5.27. The van der Waals surface area contributed by atoms with Gasteiger partial charge in [-0.25, -0.2) is 9.78 Å². The highest BCUT2D eigenvalue weighted by Crippen LogP contribution is 2.44. The van der Waals surface area contributed by atoms with Crippen LogP contribution in [-0.2, 0) is 4.74 Å². The number of hydrogen-bond donors (Lipinski definition) is 0. The lowest BCUT2D eigenvalue weighted by Crippen LogP contribution is -2.38. The summed E-state index contributed by atoms with van der Waals surface area (Å²) in [5, 5.41) is 3.85. The average Bonchev–Trinajstić information content (AvgIpc) is 3.51. The van der Waals surface area contributed by atoms with Crippen molar-refractivity contribution >= 4 is 29.0 Å². The molecule has 0 N–H and O–H groups in total. The van der Waals surface area contributed by atoms with E-state index in [0.29, 0.717) is 25.6 Å². The van der Waals surface area contributed by atoms with Crippen LogP contribution in [0.25, 0.3) is 21.7 Å². The van der Waals surface area contributed by atoms with Crippen molar-refractivity contribution in [1.82, 2.24) is 9.88 Å². The summed E-state index contributed by atoms with van der Waals surface area (Å²) in [5.41, 5.74) is 7.11. The molecule has 6 rings (SSSR count). The van der Waals surface area contributed by atoms with Crippen LogP contribution >= 0.6 is 22.9 Å². The van der Waals surface area contributed by atoms with Gasteiger partial charge in [-0.1, -0.05) is 72.3 Å². The molecule has 1 saturated heterocycles. The monoisotopic (exact) mass is 500 g/mol. The van der Waals surface area contributed by atoms with E-state index in [1.165, 1.54) is 22.3 Å². The number of fused-ring (bicyclic) bond motifs is 3. The molecule has 1 aliphatic heterocycles. The fraction of sp³-hybridized carbons (Fsp3) is 0.241. The van der Waals surface area contributed by atoms with Crippen LogP contribution in [0.4, 0.5) is 4.79 Å². The third-order valence-electron chi connectivity index (χ3n) is 7.10. The van der Waals surface area contributed by atoms with Crippen LogP contribution in [-0.4, -0.2) is 35.7 Å². The number of carbonyl (C=O) groups excluding carboxylic acids is 1. The van der Waals surface area contributed by atoms with E-state index >= 15 is 0 Å². The fourth-order valence-corrected chi connectivity index (χ4v) is 6.36. The number of amides is 1. The Balaban J connectivity index is 1.07. The van der Waals surface area contributed by atoms with Gasteiger partial charge in [0.1, 0.15) is 11.6 Å². The van der Waals surface area contributed by atoms with Gasteiger partial charge >= 0.3 is 6.09 Å². The Morgan fingerprint density at radius 1 is 0.971 bits per heavy atom. The van der Waals surface area contributed by atoms with E-state index < -0.39 is 0 Å². The van der Waals surface area contributed by atoms with Gasteiger partial charge in [0.2, 0.25) is 0 Å². The van der Waals surface area contributed by atoms with E-state index in [-0.39, 0.29) is 12.0 Å². The first-order valence-electron chi connectivity index (χ1n) is 12.0. The Hall–Kier alpha value is -3.15. The minimum Gasteiger partial charge on any atom is -0.448 e. The number of aromatic nitrogens is 1. The summed E-state index contributed by atoms with van der Waals surface area (Å²) < 4.78 is 5.85. The number of benzene rings is 3. The molecule has 1 amide bonds. The normalized spacial score (nSPS) is 15.6. The van der Waals surface area contributed by atoms with Crippen molar-refractivity contribution in [2.24, 2.45) is 0 Å². The molecule has 4 nitrogen and oxygen atoms in total. The number of hydrogen-bond acceptors (Lipinski definition) is 4. The molecule has 0 unspecified atom stereocenters. The minimum atomic E-state index is -0.219. The second-order valence-electron chi connectivity index (χ2n) is 9.15. The number of thiazole rings is 1. The molecule has 3 aromatic carbocycles. The topological polar surface area (TPSA) is 42.4 Å². The maximum Gasteiger partial charge on any atom is 0.409 e. The standard InChI is InChI=1S/C29H25ClN2O2S/c30-21-7-5-6-20(16-21)28-31-27(18-35-28)19-12-14-32(15-13-19)29(33)34-17-26-24-10-3-1-8-22(24)23-9-2-4-11-25(23)26/h1-11,16,18-19,26H,12-15,17H2. The summed E-state index contributed by atoms with van der Waals surface area (Å²) in [4.78, 5) is 19.6. The van der Waals surface area contributed by atoms with Crippen molar-refractivity contribution < 1.29 is 9.53 Å². The lowest BCUT2D eigenvalue weighted by Gasteiger charge is -2.31. The molecular formula is C29H25ClN2O2S. The Kier molecular flexibility index (Phi) is 6.05. The third kappa shape index (κ3) is 4.35. The van der Waals surface area contributed by atoms with Gasteiger partial charge in [0.15, 0.2) is 0 Å². The van der Waals surface area contributed by atoms with Gasteiger partial charge in [0.05, 0.1) is 5.69 Å². The Morgan fingerprint density at radius 3 is 2.34 bits per heavy atom. The molecule has 176 valence electrons. The van der Waals surface area contributed by atoms with Crippen LogP contribution in [0.1, 0.15) is 41.5 Å². The number of rotatable bonds is 4. The molecule has 6 heteroatoms. The van der Waals surface area contributed by atoms with Gasteiger partial charge in [0.25, 0.3) is 0 Å². The highest BCUT2D eigenvalue weighted by molar-refractivity contribution is 7.13. The summed E-state index contributed by atoms with van der Waals surface area (Å²) in [6.07, 6.45) is 1.56. The molecule has 0 saturated carbocycles. The highest BCUT2D eigenvalue weighted by atomic mass is 35.5. The molecule has 0 atom stereocenters. The van der Waals surface area contributed by atoms with Crippen LogP contribution in [0.3, 0.4) is 0 Å². The zero-order valence-corrected chi connectivity index (χ0v) is 20.8. The average molecular weight is 501 g/mol. The molecule has 0 bridgehead atoms. The molecule has 35 heavy (non-hydrogen) atoms. The van der Waals surface area contributed by atoms with E-state index in [9.17, 15) is 4.79 Å². The summed E-state index contributed by atoms with van der Waals surface area (Å²) in [6.45, 7) is 1.73. The number of halogens is 1. The lowest BCUT2D eigenvalue weighted by molar-refractivity contribution is 0.0902. The van der Waals surface area contributed by atoms with E-state index in [4.69, 9.17) is 21.3 Å². The molecule has 0 spiro atoms. The summed E-state index contributed by atoms with van der Waals surface area (Å²) in [7, 11) is 0. The van der Waals surface area contributed by atoms with Crippen LogP contribution < -0.4 is 0 Å². The molecule has 4 aromatic rings. The minimum absolute atomic E-state index is 0.0869. The Bertz CT molecular complexity index is 1330. The largest absolute Gasteiger partial charge is 0.448 e. The summed E-state index contributed by atoms with van der Waals surface area (Å²) in [5.74, 6) is 0.445. The van der Waals surface area contributed by atoms with Crippen LogP contribution in [0.15, 0.2) is 78.2 Å². The van der Waals surface area contributed by atoms with Crippen LogP contribution in [0.5, 0.6) is 0 Å². The summed E-state index contributed by atoms with van der Waals surface area (Å²) >= 11 is 7.79. The first kappa shape index (κ1) is 22.3. The first-order chi connectivity index (χ1) is 17.2. The van der Waals surface area contributed by atoms with Gasteiger partial charge in [-0.05, 0) is 47.2 Å². The van der Waals surface area contributed by atoms with Crippen molar-refractivity contribution in [2.75, 3.05) is 19.7 Å². The number of likely N-dealkylation sites (tertiary alicyclic amines) is 1. The third-order valence-corrected chi connectivity index (χ3v) is 8.25. The maximum absolute atomic E-state index is 12.9. The molecule has 0 radical (unpaired) electrons. The molecule has 2 heterocycles. The zero-order chi connectivity index (χ0) is 23.8. The molecule has 1 aliphatic carbocycles. The second-order valence-corrected chi connectivity index (χ2v) is 10.4. The van der Waals surface area contributed by atoms with E-state index in [1.54, 1.807) is 11.3 Å². The van der Waals surface area contributed by atoms with Gasteiger partial charge in [0, 0.05) is 40.9 Å². The van der Waals surface area contributed by atoms with Gasteiger partial charge in [-0.15, -0.1) is 11.3 Å². The van der Waals surface area contributed by atoms with E-state index in [0.717, 1.165) is 34.1 Å². The summed E-state index contributed by atoms with van der Waals surface area (Å²) in [6, 6.07) is 24.6. The molecular weight excluding hydrogens is 476 g/mol. The Morgan fingerprint density at radius 2 is 1.66 bits per heavy atom. The van der Waals surface area contributed by atoms with E-state index in [2.05, 4.69) is 53.9 Å². The van der Waals surface area contributed by atoms with Crippen LogP contribution in [0.2, 0.25) is 5.02 Å². The molecule has 1 aromatic heterocycles. The molecule has 2 aliphatic rings. The smallest absolute Gasteiger partial charge is 0.409 e. The number of nitrogens with zero attached hydrogens (tertiary/aromatic N) is 2. The lowest BCUT2D eigenvalue weighted by atomic mass is 9.94. The Labute approximate surface area is 214 Å². The second kappa shape index (κ2) is 9.48. The van der Waals surface area contributed by atoms with Crippen molar-refractivity contribution in [3.8, 4) is 21.7 Å². The van der Waals surface area contributed by atoms with E-state index in [1.807, 2.05) is 29.2 Å². The maximum atomic E-state index is 12.9. The predicted octanol–water partition coefficient (Wildman–Crippen LogP) is 7.59. The van der Waals surface area contributed by atoms with Crippen LogP contribution in [0, 0.1) is 0 Å².